The summed E-state index contributed by atoms with van der Waals surface area (Å²) in [5, 5.41) is 6.38. The lowest BCUT2D eigenvalue weighted by Crippen LogP contribution is -2.32. The molecule has 0 amide bonds. The minimum absolute atomic E-state index is 0.692. The third kappa shape index (κ3) is 2.29. The Morgan fingerprint density at radius 3 is 2.60 bits per heavy atom. The molecule has 1 rings (SSSR count). The van der Waals surface area contributed by atoms with Gasteiger partial charge in [-0.25, -0.2) is 0 Å². The molecule has 0 aromatic heterocycles. The molecule has 3 nitrogen and oxygen atoms in total. The summed E-state index contributed by atoms with van der Waals surface area (Å²) < 4.78 is 5.37. The lowest BCUT2D eigenvalue weighted by atomic mass is 10.4. The summed E-state index contributed by atoms with van der Waals surface area (Å²) in [7, 11) is 0. The van der Waals surface area contributed by atoms with Crippen LogP contribution < -0.4 is 10.2 Å². The van der Waals surface area contributed by atoms with E-state index in [1.165, 1.54) is 0 Å². The molecule has 0 atom stereocenters. The summed E-state index contributed by atoms with van der Waals surface area (Å²) in [6.07, 6.45) is 1.14. The average molecular weight is 180 g/mol. The van der Waals surface area contributed by atoms with E-state index in [0.29, 0.717) is 6.61 Å². The Kier molecular flexibility index (Phi) is 3.27. The second-order valence-electron chi connectivity index (χ2n) is 2.14. The van der Waals surface area contributed by atoms with E-state index < -0.39 is 6.57 Å². The molecule has 0 radical (unpaired) electrons. The summed E-state index contributed by atoms with van der Waals surface area (Å²) in [6, 6.07) is 0. The van der Waals surface area contributed by atoms with Crippen LogP contribution in [-0.2, 0) is 16.3 Å². The van der Waals surface area contributed by atoms with Crippen molar-refractivity contribution in [1.82, 2.24) is 10.2 Å². The lowest BCUT2D eigenvalue weighted by Gasteiger charge is -2.27. The molecule has 1 aliphatic rings. The van der Waals surface area contributed by atoms with E-state index in [4.69, 9.17) is 16.3 Å². The van der Waals surface area contributed by atoms with E-state index in [9.17, 15) is 0 Å². The maximum atomic E-state index is 5.37. The van der Waals surface area contributed by atoms with Crippen molar-refractivity contribution in [2.45, 2.75) is 13.3 Å². The van der Waals surface area contributed by atoms with Gasteiger partial charge in [0.25, 0.3) is 0 Å². The van der Waals surface area contributed by atoms with Crippen molar-refractivity contribution in [1.29, 1.82) is 0 Å². The van der Waals surface area contributed by atoms with Gasteiger partial charge in [-0.2, -0.15) is 0 Å². The first-order chi connectivity index (χ1) is 4.77. The van der Waals surface area contributed by atoms with Gasteiger partial charge in [0.2, 0.25) is 0 Å². The second-order valence-corrected chi connectivity index (χ2v) is 5.68. The van der Waals surface area contributed by atoms with Crippen LogP contribution in [0.3, 0.4) is 0 Å². The van der Waals surface area contributed by atoms with Crippen LogP contribution in [0.4, 0.5) is 0 Å². The van der Waals surface area contributed by atoms with Gasteiger partial charge in [0.05, 0.1) is 6.61 Å². The summed E-state index contributed by atoms with van der Waals surface area (Å²) in [5.74, 6) is 0. The minimum Gasteiger partial charge on any atom is -0.327 e. The van der Waals surface area contributed by atoms with E-state index in [1.54, 1.807) is 0 Å². The summed E-state index contributed by atoms with van der Waals surface area (Å²) >= 11 is 5.22. The van der Waals surface area contributed by atoms with E-state index in [1.807, 2.05) is 6.92 Å². The van der Waals surface area contributed by atoms with Crippen LogP contribution in [-0.4, -0.2) is 19.7 Å². The summed E-state index contributed by atoms with van der Waals surface area (Å²) in [4.78, 5) is 0. The van der Waals surface area contributed by atoms with E-state index in [2.05, 4.69) is 10.2 Å². The van der Waals surface area contributed by atoms with Crippen LogP contribution in [0.1, 0.15) is 13.3 Å². The molecule has 60 valence electrons. The maximum absolute atomic E-state index is 5.37. The molecule has 0 aromatic carbocycles. The van der Waals surface area contributed by atoms with Crippen LogP contribution in [0.2, 0.25) is 0 Å². The molecular formula is C5H13N2OPS. The zero-order valence-electron chi connectivity index (χ0n) is 6.09. The van der Waals surface area contributed by atoms with Crippen molar-refractivity contribution < 1.29 is 4.52 Å². The van der Waals surface area contributed by atoms with E-state index in [-0.39, 0.29) is 0 Å². The SMILES string of the molecule is CCOP1(=S)NCCCN1. The van der Waals surface area contributed by atoms with Gasteiger partial charge in [-0.05, 0) is 25.2 Å². The first-order valence-corrected chi connectivity index (χ1v) is 6.24. The molecular weight excluding hydrogens is 167 g/mol. The van der Waals surface area contributed by atoms with Gasteiger partial charge in [0, 0.05) is 13.1 Å². The molecule has 0 bridgehead atoms. The monoisotopic (exact) mass is 180 g/mol. The van der Waals surface area contributed by atoms with Gasteiger partial charge in [-0.3, -0.25) is 10.2 Å². The molecule has 0 spiro atoms. The Bertz CT molecular complexity index is 134. The molecule has 1 heterocycles. The van der Waals surface area contributed by atoms with Crippen LogP contribution in [0.5, 0.6) is 0 Å². The third-order valence-electron chi connectivity index (χ3n) is 1.30. The highest BCUT2D eigenvalue weighted by molar-refractivity contribution is 8.10. The molecule has 5 heteroatoms. The minimum atomic E-state index is -1.78. The smallest absolute Gasteiger partial charge is 0.197 e. The third-order valence-corrected chi connectivity index (χ3v) is 4.30. The largest absolute Gasteiger partial charge is 0.327 e. The van der Waals surface area contributed by atoms with Gasteiger partial charge >= 0.3 is 0 Å². The topological polar surface area (TPSA) is 33.3 Å². The number of rotatable bonds is 2. The highest BCUT2D eigenvalue weighted by Crippen LogP contribution is 2.38. The lowest BCUT2D eigenvalue weighted by molar-refractivity contribution is 0.357. The van der Waals surface area contributed by atoms with Crippen LogP contribution in [0, 0.1) is 0 Å². The second kappa shape index (κ2) is 3.79. The van der Waals surface area contributed by atoms with Crippen LogP contribution in [0.25, 0.3) is 0 Å². The molecule has 2 N–H and O–H groups in total. The molecule has 10 heavy (non-hydrogen) atoms. The van der Waals surface area contributed by atoms with E-state index in [0.717, 1.165) is 19.5 Å². The number of hydrogen-bond acceptors (Lipinski definition) is 2. The fourth-order valence-electron chi connectivity index (χ4n) is 0.870. The Hall–Kier alpha value is 0.530. The molecule has 1 fully saturated rings. The van der Waals surface area contributed by atoms with Gasteiger partial charge in [0.1, 0.15) is 0 Å². The predicted octanol–water partition coefficient (Wildman–Crippen LogP) is 0.830. The van der Waals surface area contributed by atoms with Crippen molar-refractivity contribution in [2.24, 2.45) is 0 Å². The Labute approximate surface area is 66.7 Å². The van der Waals surface area contributed by atoms with Gasteiger partial charge < -0.3 is 4.52 Å². The quantitative estimate of drug-likeness (QED) is 0.617. The van der Waals surface area contributed by atoms with Gasteiger partial charge in [-0.15, -0.1) is 0 Å². The summed E-state index contributed by atoms with van der Waals surface area (Å²) in [5.41, 5.74) is 0. The molecule has 1 aliphatic heterocycles. The van der Waals surface area contributed by atoms with Gasteiger partial charge in [-0.1, -0.05) is 0 Å². The molecule has 0 unspecified atom stereocenters. The van der Waals surface area contributed by atoms with Crippen molar-refractivity contribution in [3.63, 3.8) is 0 Å². The Morgan fingerprint density at radius 2 is 2.10 bits per heavy atom. The van der Waals surface area contributed by atoms with Crippen molar-refractivity contribution in [3.8, 4) is 0 Å². The Morgan fingerprint density at radius 1 is 1.50 bits per heavy atom. The molecule has 1 saturated heterocycles. The fourth-order valence-corrected chi connectivity index (χ4v) is 3.30. The maximum Gasteiger partial charge on any atom is 0.197 e. The highest BCUT2D eigenvalue weighted by Gasteiger charge is 2.18. The first kappa shape index (κ1) is 8.62. The molecule has 0 aromatic rings. The molecule has 0 aliphatic carbocycles. The predicted molar refractivity (Wildman–Crippen MR) is 46.5 cm³/mol. The summed E-state index contributed by atoms with van der Waals surface area (Å²) in [6.45, 7) is 2.86. The van der Waals surface area contributed by atoms with Gasteiger partial charge in [0.15, 0.2) is 6.57 Å². The van der Waals surface area contributed by atoms with Crippen LogP contribution >= 0.6 is 6.57 Å². The number of nitrogens with one attached hydrogen (secondary N) is 2. The van der Waals surface area contributed by atoms with Crippen molar-refractivity contribution in [3.05, 3.63) is 0 Å². The zero-order chi connectivity index (χ0) is 7.45. The zero-order valence-corrected chi connectivity index (χ0v) is 7.80. The molecule has 0 saturated carbocycles. The standard InChI is InChI=1S/C5H13N2OPS/c1-2-8-9(10)6-4-3-5-7-9/h2-5H2,1H3,(H2,6,7,10). The van der Waals surface area contributed by atoms with E-state index >= 15 is 0 Å². The fraction of sp³-hybridized carbons (Fsp3) is 1.00. The van der Waals surface area contributed by atoms with Crippen molar-refractivity contribution in [2.75, 3.05) is 19.7 Å². The number of hydrogen-bond donors (Lipinski definition) is 2. The highest BCUT2D eigenvalue weighted by atomic mass is 32.4. The van der Waals surface area contributed by atoms with Crippen LogP contribution in [0.15, 0.2) is 0 Å². The van der Waals surface area contributed by atoms with Crippen molar-refractivity contribution >= 4 is 18.4 Å². The first-order valence-electron chi connectivity index (χ1n) is 3.52. The normalized spacial score (nSPS) is 24.5. The Balaban J connectivity index is 2.41. The average Bonchev–Trinajstić information content (AvgIpc) is 1.89.